The average Bonchev–Trinajstić information content (AvgIpc) is 2.89. The molecule has 2 aliphatic rings. The Morgan fingerprint density at radius 1 is 1.20 bits per heavy atom. The van der Waals surface area contributed by atoms with E-state index in [9.17, 15) is 25.7 Å². The minimum absolute atomic E-state index is 0.287. The second-order valence-corrected chi connectivity index (χ2v) is 6.64. The SMILES string of the molecule is COc1ccc([C@H]2[C@H](C)[C@@]3(O)C[C@@](C#N)(C(=O)N3)C2(C#N)C#N)cc1. The second kappa shape index (κ2) is 5.21. The maximum absolute atomic E-state index is 12.6. The van der Waals surface area contributed by atoms with Gasteiger partial charge in [0, 0.05) is 18.3 Å². The average molecular weight is 336 g/mol. The number of fused-ring (bicyclic) bond motifs is 2. The lowest BCUT2D eigenvalue weighted by molar-refractivity contribution is -0.128. The monoisotopic (exact) mass is 336 g/mol. The lowest BCUT2D eigenvalue weighted by Gasteiger charge is -2.48. The lowest BCUT2D eigenvalue weighted by atomic mass is 9.49. The molecule has 0 aromatic heterocycles. The molecule has 2 bridgehead atoms. The Hall–Kier alpha value is -3.08. The molecule has 1 aromatic carbocycles. The maximum atomic E-state index is 12.6. The molecule has 0 unspecified atom stereocenters. The van der Waals surface area contributed by atoms with E-state index < -0.39 is 34.3 Å². The number of benzene rings is 1. The van der Waals surface area contributed by atoms with E-state index in [0.29, 0.717) is 11.3 Å². The van der Waals surface area contributed by atoms with E-state index in [4.69, 9.17) is 4.74 Å². The topological polar surface area (TPSA) is 130 Å². The van der Waals surface area contributed by atoms with Crippen molar-refractivity contribution >= 4 is 5.91 Å². The van der Waals surface area contributed by atoms with Crippen LogP contribution in [0.5, 0.6) is 5.75 Å². The van der Waals surface area contributed by atoms with Crippen molar-refractivity contribution in [1.82, 2.24) is 5.32 Å². The first-order valence-corrected chi connectivity index (χ1v) is 7.77. The van der Waals surface area contributed by atoms with Gasteiger partial charge in [-0.3, -0.25) is 4.79 Å². The number of hydrogen-bond acceptors (Lipinski definition) is 6. The third-order valence-electron chi connectivity index (χ3n) is 5.66. The number of rotatable bonds is 2. The van der Waals surface area contributed by atoms with E-state index in [-0.39, 0.29) is 6.42 Å². The highest BCUT2D eigenvalue weighted by molar-refractivity contribution is 5.92. The molecular formula is C18H16N4O3. The first kappa shape index (κ1) is 16.8. The van der Waals surface area contributed by atoms with E-state index in [2.05, 4.69) is 5.32 Å². The Morgan fingerprint density at radius 2 is 1.80 bits per heavy atom. The predicted octanol–water partition coefficient (Wildman–Crippen LogP) is 1.18. The molecule has 4 atom stereocenters. The molecule has 1 heterocycles. The van der Waals surface area contributed by atoms with Gasteiger partial charge in [-0.25, -0.2) is 0 Å². The van der Waals surface area contributed by atoms with Crippen LogP contribution in [0.1, 0.15) is 24.8 Å². The smallest absolute Gasteiger partial charge is 0.245 e. The fourth-order valence-electron chi connectivity index (χ4n) is 4.22. The van der Waals surface area contributed by atoms with Crippen LogP contribution in [0.2, 0.25) is 0 Å². The quantitative estimate of drug-likeness (QED) is 0.834. The van der Waals surface area contributed by atoms with Crippen LogP contribution >= 0.6 is 0 Å². The number of carbonyl (C=O) groups is 1. The lowest BCUT2D eigenvalue weighted by Crippen LogP contribution is -2.56. The molecule has 1 amide bonds. The highest BCUT2D eigenvalue weighted by Crippen LogP contribution is 2.64. The molecule has 1 saturated carbocycles. The van der Waals surface area contributed by atoms with Gasteiger partial charge in [0.2, 0.25) is 5.91 Å². The summed E-state index contributed by atoms with van der Waals surface area (Å²) >= 11 is 0. The van der Waals surface area contributed by atoms with Gasteiger partial charge < -0.3 is 15.2 Å². The molecule has 2 fully saturated rings. The van der Waals surface area contributed by atoms with Crippen molar-refractivity contribution in [3.63, 3.8) is 0 Å². The van der Waals surface area contributed by atoms with Crippen LogP contribution in [0, 0.1) is 50.7 Å². The number of nitriles is 3. The van der Waals surface area contributed by atoms with Gasteiger partial charge in [0.25, 0.3) is 0 Å². The van der Waals surface area contributed by atoms with Crippen LogP contribution in [-0.2, 0) is 4.79 Å². The fraction of sp³-hybridized carbons (Fsp3) is 0.444. The number of amides is 1. The van der Waals surface area contributed by atoms with E-state index in [1.165, 1.54) is 7.11 Å². The molecule has 3 rings (SSSR count). The summed E-state index contributed by atoms with van der Waals surface area (Å²) < 4.78 is 5.12. The van der Waals surface area contributed by atoms with Gasteiger partial charge in [-0.05, 0) is 17.7 Å². The molecule has 25 heavy (non-hydrogen) atoms. The summed E-state index contributed by atoms with van der Waals surface area (Å²) in [5, 5.41) is 42.9. The fourth-order valence-corrected chi connectivity index (χ4v) is 4.22. The number of aliphatic hydroxyl groups is 1. The molecule has 1 aromatic rings. The van der Waals surface area contributed by atoms with Crippen LogP contribution in [0.25, 0.3) is 0 Å². The largest absolute Gasteiger partial charge is 0.497 e. The summed E-state index contributed by atoms with van der Waals surface area (Å²) in [5.74, 6) is -1.65. The van der Waals surface area contributed by atoms with Crippen LogP contribution < -0.4 is 10.1 Å². The molecule has 126 valence electrons. The molecular weight excluding hydrogens is 320 g/mol. The van der Waals surface area contributed by atoms with Crippen molar-refractivity contribution < 1.29 is 14.6 Å². The van der Waals surface area contributed by atoms with Crippen LogP contribution in [-0.4, -0.2) is 23.8 Å². The van der Waals surface area contributed by atoms with Crippen molar-refractivity contribution in [1.29, 1.82) is 15.8 Å². The summed E-state index contributed by atoms with van der Waals surface area (Å²) in [4.78, 5) is 12.6. The summed E-state index contributed by atoms with van der Waals surface area (Å²) in [6.07, 6.45) is -0.287. The zero-order valence-corrected chi connectivity index (χ0v) is 13.8. The zero-order valence-electron chi connectivity index (χ0n) is 13.8. The van der Waals surface area contributed by atoms with E-state index in [1.54, 1.807) is 31.2 Å². The van der Waals surface area contributed by atoms with Gasteiger partial charge in [-0.2, -0.15) is 15.8 Å². The van der Waals surface area contributed by atoms with Crippen LogP contribution in [0.3, 0.4) is 0 Å². The Morgan fingerprint density at radius 3 is 2.28 bits per heavy atom. The molecule has 7 nitrogen and oxygen atoms in total. The molecule has 1 aliphatic carbocycles. The number of ether oxygens (including phenoxy) is 1. The highest BCUT2D eigenvalue weighted by Gasteiger charge is 2.76. The number of hydrogen-bond donors (Lipinski definition) is 2. The number of carbonyl (C=O) groups excluding carboxylic acids is 1. The third-order valence-corrected chi connectivity index (χ3v) is 5.66. The molecule has 0 spiro atoms. The highest BCUT2D eigenvalue weighted by atomic mass is 16.5. The molecule has 1 aliphatic heterocycles. The maximum Gasteiger partial charge on any atom is 0.245 e. The molecule has 1 saturated heterocycles. The van der Waals surface area contributed by atoms with Crippen LogP contribution in [0.4, 0.5) is 0 Å². The third kappa shape index (κ3) is 1.83. The van der Waals surface area contributed by atoms with Gasteiger partial charge in [0.05, 0.1) is 25.3 Å². The summed E-state index contributed by atoms with van der Waals surface area (Å²) in [6.45, 7) is 1.67. The minimum Gasteiger partial charge on any atom is -0.497 e. The number of methoxy groups -OCH3 is 1. The molecule has 7 heteroatoms. The van der Waals surface area contributed by atoms with Crippen molar-refractivity contribution in [3.05, 3.63) is 29.8 Å². The predicted molar refractivity (Wildman–Crippen MR) is 84.3 cm³/mol. The van der Waals surface area contributed by atoms with Crippen molar-refractivity contribution in [2.45, 2.75) is 25.0 Å². The Bertz CT molecular complexity index is 846. The van der Waals surface area contributed by atoms with E-state index >= 15 is 0 Å². The second-order valence-electron chi connectivity index (χ2n) is 6.64. The van der Waals surface area contributed by atoms with Gasteiger partial charge in [0.15, 0.2) is 10.8 Å². The van der Waals surface area contributed by atoms with Crippen molar-refractivity contribution in [3.8, 4) is 24.0 Å². The normalized spacial score (nSPS) is 35.0. The van der Waals surface area contributed by atoms with Crippen LogP contribution in [0.15, 0.2) is 24.3 Å². The van der Waals surface area contributed by atoms with Crippen molar-refractivity contribution in [2.24, 2.45) is 16.7 Å². The Kier molecular flexibility index (Phi) is 3.49. The van der Waals surface area contributed by atoms with Gasteiger partial charge in [0.1, 0.15) is 11.5 Å². The summed E-state index contributed by atoms with van der Waals surface area (Å²) in [6, 6.07) is 12.5. The standard InChI is InChI=1S/C18H16N4O3/c1-11-14(12-3-5-13(25-2)6-4-12)17(9-20,10-21)16(8-19)7-18(11,24)22-15(16)23/h3-6,11,14,24H,7H2,1-2H3,(H,22,23)/t11-,14+,16+,18-/m0/s1. The van der Waals surface area contributed by atoms with Gasteiger partial charge >= 0.3 is 0 Å². The molecule has 0 radical (unpaired) electrons. The van der Waals surface area contributed by atoms with E-state index in [0.717, 1.165) is 0 Å². The first-order valence-electron chi connectivity index (χ1n) is 7.77. The molecule has 2 N–H and O–H groups in total. The van der Waals surface area contributed by atoms with E-state index in [1.807, 2.05) is 18.2 Å². The van der Waals surface area contributed by atoms with Crippen molar-refractivity contribution in [2.75, 3.05) is 7.11 Å². The van der Waals surface area contributed by atoms with Gasteiger partial charge in [-0.15, -0.1) is 0 Å². The van der Waals surface area contributed by atoms with Gasteiger partial charge in [-0.1, -0.05) is 19.1 Å². The summed E-state index contributed by atoms with van der Waals surface area (Å²) in [5.41, 5.74) is -4.90. The zero-order chi connectivity index (χ0) is 18.5. The summed E-state index contributed by atoms with van der Waals surface area (Å²) in [7, 11) is 1.52. The number of nitrogens with one attached hydrogen (secondary N) is 1. The number of nitrogens with zero attached hydrogens (tertiary/aromatic N) is 3. The minimum atomic E-state index is -1.93. The Balaban J connectivity index is 2.28. The first-order chi connectivity index (χ1) is 11.8. The Labute approximate surface area is 145 Å².